The van der Waals surface area contributed by atoms with E-state index in [1.165, 1.54) is 19.2 Å². The standard InChI is InChI=1S/C19H18FNO4/c1-23-14-25-17-10-9-16(18(20)12-17)8-5-11-21-19(22)24-13-15-6-3-2-4-7-15/h2-4,6-7,9-10,12H,11,13-14H2,1H3,(H,21,22). The van der Waals surface area contributed by atoms with E-state index in [1.807, 2.05) is 30.3 Å². The van der Waals surface area contributed by atoms with E-state index in [0.29, 0.717) is 5.75 Å². The van der Waals surface area contributed by atoms with Crippen molar-refractivity contribution in [1.29, 1.82) is 0 Å². The number of benzene rings is 2. The average molecular weight is 343 g/mol. The van der Waals surface area contributed by atoms with Gasteiger partial charge in [0, 0.05) is 13.2 Å². The van der Waals surface area contributed by atoms with E-state index in [4.69, 9.17) is 14.2 Å². The minimum Gasteiger partial charge on any atom is -0.467 e. The first-order valence-electron chi connectivity index (χ1n) is 7.54. The number of methoxy groups -OCH3 is 1. The van der Waals surface area contributed by atoms with Gasteiger partial charge in [-0.1, -0.05) is 42.2 Å². The molecule has 2 rings (SSSR count). The molecule has 0 bridgehead atoms. The van der Waals surface area contributed by atoms with Gasteiger partial charge < -0.3 is 19.5 Å². The first-order chi connectivity index (χ1) is 12.2. The lowest BCUT2D eigenvalue weighted by atomic mass is 10.2. The van der Waals surface area contributed by atoms with Crippen molar-refractivity contribution in [3.63, 3.8) is 0 Å². The first-order valence-corrected chi connectivity index (χ1v) is 7.54. The SMILES string of the molecule is COCOc1ccc(C#CCNC(=O)OCc2ccccc2)c(F)c1. The van der Waals surface area contributed by atoms with Crippen molar-refractivity contribution in [2.24, 2.45) is 0 Å². The topological polar surface area (TPSA) is 56.8 Å². The summed E-state index contributed by atoms with van der Waals surface area (Å²) in [6.07, 6.45) is -0.582. The molecule has 25 heavy (non-hydrogen) atoms. The highest BCUT2D eigenvalue weighted by Crippen LogP contribution is 2.15. The van der Waals surface area contributed by atoms with E-state index >= 15 is 0 Å². The quantitative estimate of drug-likeness (QED) is 0.647. The van der Waals surface area contributed by atoms with Gasteiger partial charge in [-0.05, 0) is 17.7 Å². The number of nitrogens with one attached hydrogen (secondary N) is 1. The number of hydrogen-bond donors (Lipinski definition) is 1. The van der Waals surface area contributed by atoms with Gasteiger partial charge in [0.1, 0.15) is 18.2 Å². The second kappa shape index (κ2) is 9.96. The van der Waals surface area contributed by atoms with Gasteiger partial charge in [-0.3, -0.25) is 0 Å². The largest absolute Gasteiger partial charge is 0.467 e. The summed E-state index contributed by atoms with van der Waals surface area (Å²) >= 11 is 0. The van der Waals surface area contributed by atoms with Gasteiger partial charge in [-0.2, -0.15) is 0 Å². The molecule has 0 atom stereocenters. The smallest absolute Gasteiger partial charge is 0.408 e. The van der Waals surface area contributed by atoms with Crippen molar-refractivity contribution in [2.75, 3.05) is 20.4 Å². The molecule has 0 aromatic heterocycles. The summed E-state index contributed by atoms with van der Waals surface area (Å²) in [4.78, 5) is 11.5. The van der Waals surface area contributed by atoms with Gasteiger partial charge in [0.2, 0.25) is 0 Å². The normalized spacial score (nSPS) is 9.68. The van der Waals surface area contributed by atoms with Crippen LogP contribution < -0.4 is 10.1 Å². The van der Waals surface area contributed by atoms with Gasteiger partial charge in [-0.15, -0.1) is 0 Å². The van der Waals surface area contributed by atoms with Gasteiger partial charge >= 0.3 is 6.09 Å². The highest BCUT2D eigenvalue weighted by Gasteiger charge is 2.03. The van der Waals surface area contributed by atoms with Gasteiger partial charge in [0.15, 0.2) is 6.79 Å². The van der Waals surface area contributed by atoms with Crippen molar-refractivity contribution in [2.45, 2.75) is 6.61 Å². The van der Waals surface area contributed by atoms with E-state index in [-0.39, 0.29) is 25.5 Å². The highest BCUT2D eigenvalue weighted by atomic mass is 19.1. The summed E-state index contributed by atoms with van der Waals surface area (Å²) in [5, 5.41) is 2.48. The van der Waals surface area contributed by atoms with Crippen LogP contribution in [0.3, 0.4) is 0 Å². The number of hydrogen-bond acceptors (Lipinski definition) is 4. The van der Waals surface area contributed by atoms with Crippen molar-refractivity contribution in [3.8, 4) is 17.6 Å². The molecule has 1 N–H and O–H groups in total. The molecule has 0 heterocycles. The van der Waals surface area contributed by atoms with Crippen molar-refractivity contribution in [3.05, 3.63) is 65.5 Å². The summed E-state index contributed by atoms with van der Waals surface area (Å²) in [6.45, 7) is 0.270. The second-order valence-electron chi connectivity index (χ2n) is 4.91. The van der Waals surface area contributed by atoms with Crippen LogP contribution in [0.4, 0.5) is 9.18 Å². The molecule has 0 unspecified atom stereocenters. The molecule has 130 valence electrons. The molecule has 5 nitrogen and oxygen atoms in total. The van der Waals surface area contributed by atoms with E-state index in [9.17, 15) is 9.18 Å². The predicted molar refractivity (Wildman–Crippen MR) is 90.4 cm³/mol. The van der Waals surface area contributed by atoms with Gasteiger partial charge in [0.25, 0.3) is 0 Å². The fourth-order valence-electron chi connectivity index (χ4n) is 1.84. The third kappa shape index (κ3) is 6.53. The maximum Gasteiger partial charge on any atom is 0.408 e. The van der Waals surface area contributed by atoms with E-state index < -0.39 is 11.9 Å². The predicted octanol–water partition coefficient (Wildman–Crippen LogP) is 3.09. The summed E-state index contributed by atoms with van der Waals surface area (Å²) < 4.78 is 28.7. The third-order valence-electron chi connectivity index (χ3n) is 3.04. The molecular weight excluding hydrogens is 325 g/mol. The number of rotatable bonds is 6. The minimum atomic E-state index is -0.582. The summed E-state index contributed by atoms with van der Waals surface area (Å²) in [7, 11) is 1.48. The van der Waals surface area contributed by atoms with Crippen LogP contribution in [-0.4, -0.2) is 26.5 Å². The molecule has 0 fully saturated rings. The molecule has 2 aromatic carbocycles. The Labute approximate surface area is 145 Å². The summed E-state index contributed by atoms with van der Waals surface area (Å²) in [5.74, 6) is 5.16. The number of halogens is 1. The minimum absolute atomic E-state index is 0.0411. The molecule has 0 radical (unpaired) electrons. The molecule has 2 aromatic rings. The number of amides is 1. The molecule has 1 amide bonds. The van der Waals surface area contributed by atoms with Crippen molar-refractivity contribution < 1.29 is 23.4 Å². The molecular formula is C19H18FNO4. The van der Waals surface area contributed by atoms with E-state index in [1.54, 1.807) is 6.07 Å². The zero-order valence-corrected chi connectivity index (χ0v) is 13.8. The molecule has 0 aliphatic carbocycles. The first kappa shape index (κ1) is 18.3. The van der Waals surface area contributed by atoms with Crippen molar-refractivity contribution in [1.82, 2.24) is 5.32 Å². The lowest BCUT2D eigenvalue weighted by molar-refractivity contribution is 0.0509. The van der Waals surface area contributed by atoms with Crippen LogP contribution in [0.15, 0.2) is 48.5 Å². The van der Waals surface area contributed by atoms with Gasteiger partial charge in [-0.25, -0.2) is 9.18 Å². The lowest BCUT2D eigenvalue weighted by Gasteiger charge is -2.05. The zero-order chi connectivity index (χ0) is 17.9. The second-order valence-corrected chi connectivity index (χ2v) is 4.91. The number of carbonyl (C=O) groups excluding carboxylic acids is 1. The Morgan fingerprint density at radius 2 is 2.00 bits per heavy atom. The molecule has 0 saturated carbocycles. The summed E-state index contributed by atoms with van der Waals surface area (Å²) in [5.41, 5.74) is 1.10. The lowest BCUT2D eigenvalue weighted by Crippen LogP contribution is -2.24. The van der Waals surface area contributed by atoms with Crippen LogP contribution in [0.1, 0.15) is 11.1 Å². The average Bonchev–Trinajstić information content (AvgIpc) is 2.64. The fourth-order valence-corrected chi connectivity index (χ4v) is 1.84. The monoisotopic (exact) mass is 343 g/mol. The zero-order valence-electron chi connectivity index (χ0n) is 13.8. The Morgan fingerprint density at radius 1 is 1.20 bits per heavy atom. The van der Waals surface area contributed by atoms with E-state index in [2.05, 4.69) is 17.2 Å². The van der Waals surface area contributed by atoms with E-state index in [0.717, 1.165) is 5.56 Å². The number of ether oxygens (including phenoxy) is 3. The summed E-state index contributed by atoms with van der Waals surface area (Å²) in [6, 6.07) is 13.6. The van der Waals surface area contributed by atoms with Crippen molar-refractivity contribution >= 4 is 6.09 Å². The third-order valence-corrected chi connectivity index (χ3v) is 3.04. The molecule has 0 aliphatic heterocycles. The Hall–Kier alpha value is -3.04. The molecule has 0 spiro atoms. The Morgan fingerprint density at radius 3 is 2.72 bits per heavy atom. The molecule has 0 aliphatic rings. The Kier molecular flexibility index (Phi) is 7.29. The number of carbonyl (C=O) groups is 1. The van der Waals surface area contributed by atoms with Crippen LogP contribution in [0.5, 0.6) is 5.75 Å². The van der Waals surface area contributed by atoms with Crippen LogP contribution in [0.25, 0.3) is 0 Å². The molecule has 6 heteroatoms. The maximum atomic E-state index is 13.8. The van der Waals surface area contributed by atoms with Crippen LogP contribution in [0.2, 0.25) is 0 Å². The fraction of sp³-hybridized carbons (Fsp3) is 0.211. The Balaban J connectivity index is 1.77. The van der Waals surface area contributed by atoms with Crippen LogP contribution in [-0.2, 0) is 16.1 Å². The molecule has 0 saturated heterocycles. The van der Waals surface area contributed by atoms with Crippen LogP contribution in [0, 0.1) is 17.7 Å². The van der Waals surface area contributed by atoms with Crippen LogP contribution >= 0.6 is 0 Å². The maximum absolute atomic E-state index is 13.8. The highest BCUT2D eigenvalue weighted by molar-refractivity contribution is 5.67. The number of alkyl carbamates (subject to hydrolysis) is 1. The van der Waals surface area contributed by atoms with Gasteiger partial charge in [0.05, 0.1) is 12.1 Å². The Bertz CT molecular complexity index is 753.